The van der Waals surface area contributed by atoms with Gasteiger partial charge >= 0.3 is 0 Å². The smallest absolute Gasteiger partial charge is 0.295 e. The SMILES string of the molecule is COCCN1C(=O)C(=O)/C(=C(\O)c2ccc(OC)cc2)C1c1cccc2ccccc12. The molecule has 0 saturated carbocycles. The van der Waals surface area contributed by atoms with Gasteiger partial charge in [0, 0.05) is 19.2 Å². The van der Waals surface area contributed by atoms with Crippen molar-refractivity contribution in [2.75, 3.05) is 27.4 Å². The highest BCUT2D eigenvalue weighted by Gasteiger charge is 2.46. The molecule has 0 radical (unpaired) electrons. The lowest BCUT2D eigenvalue weighted by atomic mass is 9.91. The van der Waals surface area contributed by atoms with Crippen LogP contribution >= 0.6 is 0 Å². The summed E-state index contributed by atoms with van der Waals surface area (Å²) in [5.74, 6) is -0.936. The van der Waals surface area contributed by atoms with E-state index in [2.05, 4.69) is 0 Å². The Labute approximate surface area is 180 Å². The fourth-order valence-electron chi connectivity index (χ4n) is 4.02. The number of likely N-dealkylation sites (tertiary alicyclic amines) is 1. The van der Waals surface area contributed by atoms with Gasteiger partial charge in [-0.2, -0.15) is 0 Å². The standard InChI is InChI=1S/C25H23NO5/c1-30-15-14-26-22(20-9-5-7-16-6-3-4-8-19(16)20)21(24(28)25(26)29)23(27)17-10-12-18(31-2)13-11-17/h3-13,22,27H,14-15H2,1-2H3/b23-21-. The van der Waals surface area contributed by atoms with E-state index in [-0.39, 0.29) is 24.5 Å². The van der Waals surface area contributed by atoms with Crippen LogP contribution in [0.25, 0.3) is 16.5 Å². The molecule has 1 amide bonds. The summed E-state index contributed by atoms with van der Waals surface area (Å²) < 4.78 is 10.3. The average molecular weight is 417 g/mol. The maximum atomic E-state index is 13.1. The Morgan fingerprint density at radius 1 is 0.968 bits per heavy atom. The van der Waals surface area contributed by atoms with Gasteiger partial charge in [-0.1, -0.05) is 42.5 Å². The Morgan fingerprint density at radius 3 is 2.39 bits per heavy atom. The first-order valence-corrected chi connectivity index (χ1v) is 9.96. The fraction of sp³-hybridized carbons (Fsp3) is 0.200. The van der Waals surface area contributed by atoms with Gasteiger partial charge in [0.05, 0.1) is 25.3 Å². The van der Waals surface area contributed by atoms with Gasteiger partial charge in [-0.05, 0) is 40.6 Å². The number of ether oxygens (including phenoxy) is 2. The van der Waals surface area contributed by atoms with Crippen molar-refractivity contribution in [1.82, 2.24) is 4.90 Å². The van der Waals surface area contributed by atoms with Gasteiger partial charge in [0.25, 0.3) is 11.7 Å². The molecule has 0 aliphatic carbocycles. The fourth-order valence-corrected chi connectivity index (χ4v) is 4.02. The summed E-state index contributed by atoms with van der Waals surface area (Å²) in [6.07, 6.45) is 0. The zero-order valence-corrected chi connectivity index (χ0v) is 17.4. The maximum absolute atomic E-state index is 13.1. The second-order valence-electron chi connectivity index (χ2n) is 7.28. The zero-order valence-electron chi connectivity index (χ0n) is 17.4. The van der Waals surface area contributed by atoms with Crippen LogP contribution < -0.4 is 4.74 Å². The van der Waals surface area contributed by atoms with E-state index < -0.39 is 17.7 Å². The van der Waals surface area contributed by atoms with Crippen molar-refractivity contribution < 1.29 is 24.2 Å². The van der Waals surface area contributed by atoms with Crippen molar-refractivity contribution in [1.29, 1.82) is 0 Å². The molecular formula is C25H23NO5. The number of nitrogens with zero attached hydrogens (tertiary/aromatic N) is 1. The van der Waals surface area contributed by atoms with E-state index >= 15 is 0 Å². The normalized spacial score (nSPS) is 18.0. The summed E-state index contributed by atoms with van der Waals surface area (Å²) in [7, 11) is 3.09. The summed E-state index contributed by atoms with van der Waals surface area (Å²) >= 11 is 0. The van der Waals surface area contributed by atoms with Crippen LogP contribution in [0.4, 0.5) is 0 Å². The Bertz CT molecular complexity index is 1160. The molecule has 6 nitrogen and oxygen atoms in total. The number of amides is 1. The Hall–Kier alpha value is -3.64. The molecule has 3 aromatic carbocycles. The number of methoxy groups -OCH3 is 2. The number of carbonyl (C=O) groups is 2. The number of carbonyl (C=O) groups excluding carboxylic acids is 2. The minimum atomic E-state index is -0.719. The summed E-state index contributed by atoms with van der Waals surface area (Å²) in [6, 6.07) is 19.5. The van der Waals surface area contributed by atoms with Crippen molar-refractivity contribution >= 4 is 28.2 Å². The largest absolute Gasteiger partial charge is 0.507 e. The number of benzene rings is 3. The molecule has 1 saturated heterocycles. The van der Waals surface area contributed by atoms with Crippen LogP contribution in [-0.2, 0) is 14.3 Å². The molecule has 0 spiro atoms. The van der Waals surface area contributed by atoms with E-state index in [0.717, 1.165) is 16.3 Å². The third-order valence-electron chi connectivity index (χ3n) is 5.56. The van der Waals surface area contributed by atoms with Gasteiger partial charge < -0.3 is 19.5 Å². The second kappa shape index (κ2) is 8.62. The molecule has 6 heteroatoms. The van der Waals surface area contributed by atoms with Gasteiger partial charge in [0.1, 0.15) is 11.5 Å². The topological polar surface area (TPSA) is 76.1 Å². The van der Waals surface area contributed by atoms with Crippen LogP contribution in [0.5, 0.6) is 5.75 Å². The van der Waals surface area contributed by atoms with Gasteiger partial charge in [-0.3, -0.25) is 9.59 Å². The highest BCUT2D eigenvalue weighted by Crippen LogP contribution is 2.41. The predicted octanol–water partition coefficient (Wildman–Crippen LogP) is 3.92. The number of rotatable bonds is 6. The number of fused-ring (bicyclic) bond motifs is 1. The maximum Gasteiger partial charge on any atom is 0.295 e. The summed E-state index contributed by atoms with van der Waals surface area (Å²) in [5, 5.41) is 13.0. The van der Waals surface area contributed by atoms with Gasteiger partial charge in [-0.15, -0.1) is 0 Å². The Kier molecular flexibility index (Phi) is 5.73. The lowest BCUT2D eigenvalue weighted by molar-refractivity contribution is -0.140. The molecular weight excluding hydrogens is 394 g/mol. The third-order valence-corrected chi connectivity index (χ3v) is 5.56. The first-order valence-electron chi connectivity index (χ1n) is 9.96. The molecule has 1 aliphatic rings. The number of ketones is 1. The molecule has 4 rings (SSSR count). The molecule has 1 N–H and O–H groups in total. The van der Waals surface area contributed by atoms with Crippen LogP contribution in [0.2, 0.25) is 0 Å². The van der Waals surface area contributed by atoms with Gasteiger partial charge in [0.15, 0.2) is 0 Å². The molecule has 1 atom stereocenters. The van der Waals surface area contributed by atoms with E-state index in [0.29, 0.717) is 11.3 Å². The van der Waals surface area contributed by atoms with Crippen LogP contribution in [0, 0.1) is 0 Å². The van der Waals surface area contributed by atoms with Crippen LogP contribution in [0.15, 0.2) is 72.3 Å². The van der Waals surface area contributed by atoms with Crippen molar-refractivity contribution in [3.8, 4) is 5.75 Å². The molecule has 1 unspecified atom stereocenters. The molecule has 1 heterocycles. The summed E-state index contributed by atoms with van der Waals surface area (Å²) in [4.78, 5) is 27.5. The minimum absolute atomic E-state index is 0.0719. The molecule has 1 aliphatic heterocycles. The molecule has 0 bridgehead atoms. The number of Topliss-reactive ketones (excluding diaryl/α,β-unsaturated/α-hetero) is 1. The van der Waals surface area contributed by atoms with Crippen molar-refractivity contribution in [2.45, 2.75) is 6.04 Å². The number of aliphatic hydroxyl groups excluding tert-OH is 1. The van der Waals surface area contributed by atoms with Crippen LogP contribution in [0.3, 0.4) is 0 Å². The zero-order chi connectivity index (χ0) is 22.0. The number of aliphatic hydroxyl groups is 1. The number of hydrogen-bond donors (Lipinski definition) is 1. The minimum Gasteiger partial charge on any atom is -0.507 e. The van der Waals surface area contributed by atoms with Crippen LogP contribution in [0.1, 0.15) is 17.2 Å². The van der Waals surface area contributed by atoms with Crippen LogP contribution in [-0.4, -0.2) is 49.1 Å². The number of hydrogen-bond acceptors (Lipinski definition) is 5. The van der Waals surface area contributed by atoms with Gasteiger partial charge in [0.2, 0.25) is 0 Å². The Morgan fingerprint density at radius 2 is 1.68 bits per heavy atom. The van der Waals surface area contributed by atoms with Crippen molar-refractivity contribution in [3.63, 3.8) is 0 Å². The molecule has 31 heavy (non-hydrogen) atoms. The first-order chi connectivity index (χ1) is 15.1. The monoisotopic (exact) mass is 417 g/mol. The first kappa shape index (κ1) is 20.6. The van der Waals surface area contributed by atoms with Crippen molar-refractivity contribution in [3.05, 3.63) is 83.4 Å². The lowest BCUT2D eigenvalue weighted by Gasteiger charge is -2.26. The highest BCUT2D eigenvalue weighted by molar-refractivity contribution is 6.46. The van der Waals surface area contributed by atoms with E-state index in [1.165, 1.54) is 4.90 Å². The molecule has 1 fully saturated rings. The third kappa shape index (κ3) is 3.66. The molecule has 0 aromatic heterocycles. The second-order valence-corrected chi connectivity index (χ2v) is 7.28. The summed E-state index contributed by atoms with van der Waals surface area (Å²) in [6.45, 7) is 0.505. The molecule has 3 aromatic rings. The van der Waals surface area contributed by atoms with Crippen molar-refractivity contribution in [2.24, 2.45) is 0 Å². The van der Waals surface area contributed by atoms with E-state index in [1.54, 1.807) is 38.5 Å². The van der Waals surface area contributed by atoms with E-state index in [1.807, 2.05) is 42.5 Å². The highest BCUT2D eigenvalue weighted by atomic mass is 16.5. The predicted molar refractivity (Wildman–Crippen MR) is 118 cm³/mol. The quantitative estimate of drug-likeness (QED) is 0.374. The lowest BCUT2D eigenvalue weighted by Crippen LogP contribution is -2.32. The summed E-state index contributed by atoms with van der Waals surface area (Å²) in [5.41, 5.74) is 1.29. The van der Waals surface area contributed by atoms with Gasteiger partial charge in [-0.25, -0.2) is 0 Å². The average Bonchev–Trinajstić information content (AvgIpc) is 3.06. The van der Waals surface area contributed by atoms with E-state index in [9.17, 15) is 14.7 Å². The van der Waals surface area contributed by atoms with E-state index in [4.69, 9.17) is 9.47 Å². The Balaban J connectivity index is 1.92. The molecule has 158 valence electrons.